The average Bonchev–Trinajstić information content (AvgIpc) is 2.32. The number of benzene rings is 1. The molecule has 1 aromatic carbocycles. The van der Waals surface area contributed by atoms with Gasteiger partial charge in [-0.25, -0.2) is 4.39 Å². The molecule has 0 amide bonds. The number of nitrogens with one attached hydrogen (secondary N) is 1. The van der Waals surface area contributed by atoms with Crippen LogP contribution in [0.1, 0.15) is 24.9 Å². The minimum atomic E-state index is -5.54. The lowest BCUT2D eigenvalue weighted by molar-refractivity contribution is -0.293. The van der Waals surface area contributed by atoms with E-state index in [-0.39, 0.29) is 6.54 Å². The minimum absolute atomic E-state index is 0.0956. The standard InChI is InChI=1S/C13H14F7N/c1-2-7-21-10(8-5-3-4-6-9(8)14)11(12(15,16)17)13(18,19)20/h3-6,10-11,21H,2,7H2,1H3. The van der Waals surface area contributed by atoms with Crippen LogP contribution < -0.4 is 5.32 Å². The van der Waals surface area contributed by atoms with E-state index in [2.05, 4.69) is 5.32 Å². The average molecular weight is 317 g/mol. The normalized spacial score (nSPS) is 14.5. The van der Waals surface area contributed by atoms with E-state index >= 15 is 0 Å². The van der Waals surface area contributed by atoms with Gasteiger partial charge in [-0.2, -0.15) is 26.3 Å². The Kier molecular flexibility index (Phi) is 5.61. The maximum absolute atomic E-state index is 13.6. The summed E-state index contributed by atoms with van der Waals surface area (Å²) >= 11 is 0. The van der Waals surface area contributed by atoms with Gasteiger partial charge in [0.2, 0.25) is 0 Å². The Morgan fingerprint density at radius 2 is 1.52 bits per heavy atom. The van der Waals surface area contributed by atoms with Crippen molar-refractivity contribution < 1.29 is 30.7 Å². The SMILES string of the molecule is CCCNC(c1ccccc1F)C(C(F)(F)F)C(F)(F)F. The molecule has 1 N–H and O–H groups in total. The van der Waals surface area contributed by atoms with Crippen LogP contribution in [0.2, 0.25) is 0 Å². The fraction of sp³-hybridized carbons (Fsp3) is 0.538. The first kappa shape index (κ1) is 17.7. The molecule has 0 aliphatic rings. The lowest BCUT2D eigenvalue weighted by Gasteiger charge is -2.31. The zero-order valence-electron chi connectivity index (χ0n) is 11.0. The molecule has 1 rings (SSSR count). The molecule has 1 unspecified atom stereocenters. The minimum Gasteiger partial charge on any atom is -0.309 e. The highest BCUT2D eigenvalue weighted by atomic mass is 19.4. The van der Waals surface area contributed by atoms with Gasteiger partial charge in [0.15, 0.2) is 5.92 Å². The molecule has 21 heavy (non-hydrogen) atoms. The second-order valence-corrected chi connectivity index (χ2v) is 4.51. The quantitative estimate of drug-likeness (QED) is 0.782. The van der Waals surface area contributed by atoms with Crippen molar-refractivity contribution in [3.05, 3.63) is 35.6 Å². The molecular weight excluding hydrogens is 303 g/mol. The molecule has 0 bridgehead atoms. The molecule has 1 aromatic rings. The largest absolute Gasteiger partial charge is 0.402 e. The molecule has 0 radical (unpaired) electrons. The summed E-state index contributed by atoms with van der Waals surface area (Å²) in [6.07, 6.45) is -10.8. The van der Waals surface area contributed by atoms with Gasteiger partial charge in [0, 0.05) is 5.56 Å². The Morgan fingerprint density at radius 1 is 1.00 bits per heavy atom. The Labute approximate surface area is 117 Å². The lowest BCUT2D eigenvalue weighted by Crippen LogP contribution is -2.46. The van der Waals surface area contributed by atoms with Crippen molar-refractivity contribution in [2.24, 2.45) is 5.92 Å². The highest BCUT2D eigenvalue weighted by Gasteiger charge is 2.60. The summed E-state index contributed by atoms with van der Waals surface area (Å²) in [7, 11) is 0. The Morgan fingerprint density at radius 3 is 1.95 bits per heavy atom. The van der Waals surface area contributed by atoms with E-state index < -0.39 is 35.7 Å². The van der Waals surface area contributed by atoms with Gasteiger partial charge in [0.05, 0.1) is 6.04 Å². The van der Waals surface area contributed by atoms with Gasteiger partial charge in [-0.3, -0.25) is 0 Å². The van der Waals surface area contributed by atoms with Crippen LogP contribution in [0.3, 0.4) is 0 Å². The van der Waals surface area contributed by atoms with E-state index in [1.165, 1.54) is 12.1 Å². The van der Waals surface area contributed by atoms with Crippen LogP contribution in [-0.2, 0) is 0 Å². The Hall–Kier alpha value is -1.31. The van der Waals surface area contributed by atoms with E-state index in [0.717, 1.165) is 12.1 Å². The predicted octanol–water partition coefficient (Wildman–Crippen LogP) is 4.61. The third-order valence-corrected chi connectivity index (χ3v) is 2.89. The molecule has 120 valence electrons. The summed E-state index contributed by atoms with van der Waals surface area (Å²) in [6.45, 7) is 1.49. The molecule has 1 nitrogen and oxygen atoms in total. The Bertz CT molecular complexity index is 439. The van der Waals surface area contributed by atoms with Crippen molar-refractivity contribution >= 4 is 0 Å². The lowest BCUT2D eigenvalue weighted by atomic mass is 9.91. The summed E-state index contributed by atoms with van der Waals surface area (Å²) in [5.74, 6) is -4.78. The van der Waals surface area contributed by atoms with Gasteiger partial charge in [-0.05, 0) is 19.0 Å². The van der Waals surface area contributed by atoms with E-state index in [1.807, 2.05) is 0 Å². The number of halogens is 7. The fourth-order valence-corrected chi connectivity index (χ4v) is 2.00. The molecule has 8 heteroatoms. The van der Waals surface area contributed by atoms with Crippen molar-refractivity contribution in [2.45, 2.75) is 31.7 Å². The highest BCUT2D eigenvalue weighted by molar-refractivity contribution is 5.23. The predicted molar refractivity (Wildman–Crippen MR) is 63.0 cm³/mol. The maximum Gasteiger partial charge on any atom is 0.402 e. The molecule has 0 heterocycles. The van der Waals surface area contributed by atoms with Crippen molar-refractivity contribution in [2.75, 3.05) is 6.54 Å². The number of alkyl halides is 6. The molecule has 0 aliphatic carbocycles. The van der Waals surface area contributed by atoms with Crippen molar-refractivity contribution in [1.29, 1.82) is 0 Å². The van der Waals surface area contributed by atoms with Gasteiger partial charge in [-0.15, -0.1) is 0 Å². The van der Waals surface area contributed by atoms with Crippen LogP contribution in [-0.4, -0.2) is 18.9 Å². The van der Waals surface area contributed by atoms with Crippen LogP contribution in [0, 0.1) is 11.7 Å². The number of hydrogen-bond donors (Lipinski definition) is 1. The molecule has 0 aromatic heterocycles. The smallest absolute Gasteiger partial charge is 0.309 e. The second kappa shape index (κ2) is 6.64. The molecule has 0 saturated carbocycles. The van der Waals surface area contributed by atoms with E-state index in [1.54, 1.807) is 6.92 Å². The van der Waals surface area contributed by atoms with Crippen LogP contribution >= 0.6 is 0 Å². The van der Waals surface area contributed by atoms with Crippen molar-refractivity contribution in [3.63, 3.8) is 0 Å². The van der Waals surface area contributed by atoms with E-state index in [4.69, 9.17) is 0 Å². The molecule has 0 saturated heterocycles. The van der Waals surface area contributed by atoms with Gasteiger partial charge in [-0.1, -0.05) is 25.1 Å². The fourth-order valence-electron chi connectivity index (χ4n) is 2.00. The third-order valence-electron chi connectivity index (χ3n) is 2.89. The van der Waals surface area contributed by atoms with Crippen molar-refractivity contribution in [3.8, 4) is 0 Å². The number of hydrogen-bond acceptors (Lipinski definition) is 1. The summed E-state index contributed by atoms with van der Waals surface area (Å²) in [6, 6.07) is 1.94. The zero-order valence-corrected chi connectivity index (χ0v) is 11.0. The van der Waals surface area contributed by atoms with Crippen LogP contribution in [0.15, 0.2) is 24.3 Å². The topological polar surface area (TPSA) is 12.0 Å². The highest BCUT2D eigenvalue weighted by Crippen LogP contribution is 2.46. The van der Waals surface area contributed by atoms with Gasteiger partial charge in [0.25, 0.3) is 0 Å². The van der Waals surface area contributed by atoms with Crippen molar-refractivity contribution in [1.82, 2.24) is 5.32 Å². The zero-order chi connectivity index (χ0) is 16.3. The summed E-state index contributed by atoms with van der Waals surface area (Å²) < 4.78 is 90.6. The van der Waals surface area contributed by atoms with E-state index in [0.29, 0.717) is 6.42 Å². The van der Waals surface area contributed by atoms with Crippen LogP contribution in [0.25, 0.3) is 0 Å². The molecule has 0 aliphatic heterocycles. The maximum atomic E-state index is 13.6. The summed E-state index contributed by atoms with van der Waals surface area (Å²) in [4.78, 5) is 0. The molecule has 1 atom stereocenters. The van der Waals surface area contributed by atoms with Crippen LogP contribution in [0.4, 0.5) is 30.7 Å². The van der Waals surface area contributed by atoms with E-state index in [9.17, 15) is 30.7 Å². The summed E-state index contributed by atoms with van der Waals surface area (Å²) in [5.41, 5.74) is -0.648. The van der Waals surface area contributed by atoms with Crippen LogP contribution in [0.5, 0.6) is 0 Å². The first-order chi connectivity index (χ1) is 9.59. The molecule has 0 spiro atoms. The first-order valence-electron chi connectivity index (χ1n) is 6.20. The first-order valence-corrected chi connectivity index (χ1v) is 6.20. The third kappa shape index (κ3) is 4.59. The van der Waals surface area contributed by atoms with Gasteiger partial charge < -0.3 is 5.32 Å². The monoisotopic (exact) mass is 317 g/mol. The van der Waals surface area contributed by atoms with Gasteiger partial charge in [0.1, 0.15) is 5.82 Å². The molecular formula is C13H14F7N. The molecule has 0 fully saturated rings. The Balaban J connectivity index is 3.31. The summed E-state index contributed by atoms with van der Waals surface area (Å²) in [5, 5.41) is 2.16. The van der Waals surface area contributed by atoms with Gasteiger partial charge >= 0.3 is 12.4 Å². The second-order valence-electron chi connectivity index (χ2n) is 4.51. The number of rotatable bonds is 5.